The molecule has 0 aromatic heterocycles. The van der Waals surface area contributed by atoms with E-state index in [0.29, 0.717) is 11.5 Å². The second-order valence-corrected chi connectivity index (χ2v) is 3.83. The fraction of sp³-hybridized carbons (Fsp3) is 0.333. The summed E-state index contributed by atoms with van der Waals surface area (Å²) >= 11 is 0. The van der Waals surface area contributed by atoms with Crippen molar-refractivity contribution in [3.05, 3.63) is 35.4 Å². The summed E-state index contributed by atoms with van der Waals surface area (Å²) in [6.45, 7) is 5.96. The van der Waals surface area contributed by atoms with Crippen LogP contribution in [0.25, 0.3) is 0 Å². The summed E-state index contributed by atoms with van der Waals surface area (Å²) in [5.74, 6) is 0.165. The summed E-state index contributed by atoms with van der Waals surface area (Å²) in [7, 11) is 0. The van der Waals surface area contributed by atoms with Gasteiger partial charge in [-0.25, -0.2) is 5.43 Å². The highest BCUT2D eigenvalue weighted by Crippen LogP contribution is 2.03. The van der Waals surface area contributed by atoms with Gasteiger partial charge in [0.1, 0.15) is 0 Å². The van der Waals surface area contributed by atoms with Crippen LogP contribution < -0.4 is 5.43 Å². The van der Waals surface area contributed by atoms with Gasteiger partial charge >= 0.3 is 0 Å². The van der Waals surface area contributed by atoms with Crippen molar-refractivity contribution < 1.29 is 4.79 Å². The van der Waals surface area contributed by atoms with Crippen molar-refractivity contribution in [3.63, 3.8) is 0 Å². The Kier molecular flexibility index (Phi) is 4.03. The maximum atomic E-state index is 11.6. The summed E-state index contributed by atoms with van der Waals surface area (Å²) in [5.41, 5.74) is 4.19. The highest BCUT2D eigenvalue weighted by Gasteiger charge is 2.02. The van der Waals surface area contributed by atoms with E-state index in [2.05, 4.69) is 10.5 Å². The molecule has 1 aromatic rings. The van der Waals surface area contributed by atoms with Gasteiger partial charge < -0.3 is 0 Å². The Balaban J connectivity index is 2.62. The van der Waals surface area contributed by atoms with Crippen LogP contribution in [0.4, 0.5) is 0 Å². The average molecular weight is 204 g/mol. The number of carbonyl (C=O) groups excluding carboxylic acids is 1. The van der Waals surface area contributed by atoms with Gasteiger partial charge in [0.05, 0.1) is 0 Å². The molecule has 0 aliphatic carbocycles. The number of amides is 1. The molecule has 0 unspecified atom stereocenters. The highest BCUT2D eigenvalue weighted by molar-refractivity contribution is 5.94. The van der Waals surface area contributed by atoms with Gasteiger partial charge in [-0.15, -0.1) is 0 Å². The van der Waals surface area contributed by atoms with Crippen molar-refractivity contribution in [2.75, 3.05) is 0 Å². The first-order chi connectivity index (χ1) is 7.09. The molecule has 0 fully saturated rings. The zero-order valence-corrected chi connectivity index (χ0v) is 9.32. The van der Waals surface area contributed by atoms with Crippen LogP contribution >= 0.6 is 0 Å². The van der Waals surface area contributed by atoms with E-state index in [1.54, 1.807) is 12.3 Å². The number of rotatable bonds is 3. The Bertz CT molecular complexity index is 370. The third kappa shape index (κ3) is 3.94. The lowest BCUT2D eigenvalue weighted by atomic mass is 10.1. The Labute approximate surface area is 90.2 Å². The van der Waals surface area contributed by atoms with Gasteiger partial charge in [0.2, 0.25) is 0 Å². The molecular formula is C12H16N2O. The van der Waals surface area contributed by atoms with Crippen LogP contribution in [-0.2, 0) is 0 Å². The molecule has 3 nitrogen and oxygen atoms in total. The summed E-state index contributed by atoms with van der Waals surface area (Å²) in [4.78, 5) is 11.6. The molecule has 15 heavy (non-hydrogen) atoms. The predicted molar refractivity (Wildman–Crippen MR) is 62.0 cm³/mol. The molecule has 0 spiro atoms. The molecule has 3 heteroatoms. The highest BCUT2D eigenvalue weighted by atomic mass is 16.2. The topological polar surface area (TPSA) is 41.5 Å². The van der Waals surface area contributed by atoms with E-state index in [4.69, 9.17) is 0 Å². The standard InChI is InChI=1S/C12H16N2O/c1-9(2)8-13-14-12(15)11-6-4-5-10(3)7-11/h4-9H,1-3H3,(H,14,15). The SMILES string of the molecule is Cc1cccc(C(=O)NN=CC(C)C)c1. The Morgan fingerprint density at radius 3 is 2.80 bits per heavy atom. The smallest absolute Gasteiger partial charge is 0.267 e. The van der Waals surface area contributed by atoms with Crippen molar-refractivity contribution in [1.29, 1.82) is 0 Å². The summed E-state index contributed by atoms with van der Waals surface area (Å²) in [6, 6.07) is 7.41. The second kappa shape index (κ2) is 5.29. The van der Waals surface area contributed by atoms with Crippen LogP contribution in [0, 0.1) is 12.8 Å². The fourth-order valence-electron chi connectivity index (χ4n) is 1.10. The van der Waals surface area contributed by atoms with E-state index in [0.717, 1.165) is 5.56 Å². The predicted octanol–water partition coefficient (Wildman–Crippen LogP) is 2.37. The Morgan fingerprint density at radius 1 is 1.47 bits per heavy atom. The normalized spacial score (nSPS) is 10.9. The summed E-state index contributed by atoms with van der Waals surface area (Å²) in [6.07, 6.45) is 1.70. The molecule has 1 aromatic carbocycles. The number of aryl methyl sites for hydroxylation is 1. The molecule has 0 bridgehead atoms. The zero-order valence-electron chi connectivity index (χ0n) is 9.32. The van der Waals surface area contributed by atoms with Crippen LogP contribution in [-0.4, -0.2) is 12.1 Å². The van der Waals surface area contributed by atoms with Crippen molar-refractivity contribution in [1.82, 2.24) is 5.43 Å². The molecule has 0 heterocycles. The number of hydrogen-bond acceptors (Lipinski definition) is 2. The van der Waals surface area contributed by atoms with Crippen LogP contribution in [0.3, 0.4) is 0 Å². The van der Waals surface area contributed by atoms with E-state index in [1.165, 1.54) is 0 Å². The second-order valence-electron chi connectivity index (χ2n) is 3.83. The van der Waals surface area contributed by atoms with Crippen molar-refractivity contribution in [3.8, 4) is 0 Å². The van der Waals surface area contributed by atoms with Gasteiger partial charge in [0.15, 0.2) is 0 Å². The molecule has 1 amide bonds. The molecule has 0 aliphatic rings. The first-order valence-electron chi connectivity index (χ1n) is 5.00. The monoisotopic (exact) mass is 204 g/mol. The zero-order chi connectivity index (χ0) is 11.3. The lowest BCUT2D eigenvalue weighted by Gasteiger charge is -2.01. The van der Waals surface area contributed by atoms with E-state index in [9.17, 15) is 4.79 Å². The number of hydrogen-bond donors (Lipinski definition) is 1. The minimum absolute atomic E-state index is 0.171. The quantitative estimate of drug-likeness (QED) is 0.596. The van der Waals surface area contributed by atoms with Crippen molar-refractivity contribution in [2.24, 2.45) is 11.0 Å². The van der Waals surface area contributed by atoms with Crippen molar-refractivity contribution in [2.45, 2.75) is 20.8 Å². The van der Waals surface area contributed by atoms with Crippen LogP contribution in [0.5, 0.6) is 0 Å². The Morgan fingerprint density at radius 2 is 2.20 bits per heavy atom. The van der Waals surface area contributed by atoms with Crippen LogP contribution in [0.2, 0.25) is 0 Å². The lowest BCUT2D eigenvalue weighted by molar-refractivity contribution is 0.0955. The minimum Gasteiger partial charge on any atom is -0.267 e. The maximum absolute atomic E-state index is 11.6. The van der Waals surface area contributed by atoms with E-state index < -0.39 is 0 Å². The number of nitrogens with one attached hydrogen (secondary N) is 1. The first kappa shape index (κ1) is 11.4. The van der Waals surface area contributed by atoms with Gasteiger partial charge in [-0.1, -0.05) is 31.5 Å². The molecule has 1 N–H and O–H groups in total. The largest absolute Gasteiger partial charge is 0.271 e. The van der Waals surface area contributed by atoms with E-state index in [-0.39, 0.29) is 5.91 Å². The fourth-order valence-corrected chi connectivity index (χ4v) is 1.10. The van der Waals surface area contributed by atoms with Gasteiger partial charge in [-0.2, -0.15) is 5.10 Å². The number of carbonyl (C=O) groups is 1. The summed E-state index contributed by atoms with van der Waals surface area (Å²) < 4.78 is 0. The molecule has 0 atom stereocenters. The molecule has 0 radical (unpaired) electrons. The third-order valence-corrected chi connectivity index (χ3v) is 1.82. The molecule has 1 rings (SSSR count). The molecule has 0 saturated carbocycles. The molecule has 0 aliphatic heterocycles. The first-order valence-corrected chi connectivity index (χ1v) is 5.00. The van der Waals surface area contributed by atoms with E-state index >= 15 is 0 Å². The van der Waals surface area contributed by atoms with Crippen LogP contribution in [0.1, 0.15) is 29.8 Å². The number of benzene rings is 1. The van der Waals surface area contributed by atoms with Crippen LogP contribution in [0.15, 0.2) is 29.4 Å². The number of nitrogens with zero attached hydrogens (tertiary/aromatic N) is 1. The maximum Gasteiger partial charge on any atom is 0.271 e. The van der Waals surface area contributed by atoms with E-state index in [1.807, 2.05) is 39.0 Å². The van der Waals surface area contributed by atoms with Gasteiger partial charge in [-0.3, -0.25) is 4.79 Å². The molecule has 80 valence electrons. The average Bonchev–Trinajstić information content (AvgIpc) is 2.17. The molecular weight excluding hydrogens is 188 g/mol. The van der Waals surface area contributed by atoms with Crippen molar-refractivity contribution >= 4 is 12.1 Å². The van der Waals surface area contributed by atoms with Gasteiger partial charge in [-0.05, 0) is 25.0 Å². The number of hydrazone groups is 1. The molecule has 0 saturated heterocycles. The summed E-state index contributed by atoms with van der Waals surface area (Å²) in [5, 5.41) is 3.85. The Hall–Kier alpha value is -1.64. The lowest BCUT2D eigenvalue weighted by Crippen LogP contribution is -2.18. The minimum atomic E-state index is -0.171. The third-order valence-electron chi connectivity index (χ3n) is 1.82. The van der Waals surface area contributed by atoms with Gasteiger partial charge in [0, 0.05) is 11.8 Å². The van der Waals surface area contributed by atoms with Gasteiger partial charge in [0.25, 0.3) is 5.91 Å².